The lowest BCUT2D eigenvalue weighted by atomic mass is 9.79. The smallest absolute Gasteiger partial charge is 0.423 e. The molecular weight excluding hydrogens is 255 g/mol. The second kappa shape index (κ2) is 5.07. The van der Waals surface area contributed by atoms with Crippen molar-refractivity contribution in [3.05, 3.63) is 36.9 Å². The average molecular weight is 274 g/mol. The number of ether oxygens (including phenoxy) is 1. The van der Waals surface area contributed by atoms with E-state index in [-0.39, 0.29) is 11.2 Å². The molecule has 0 N–H and O–H groups in total. The van der Waals surface area contributed by atoms with E-state index in [0.717, 1.165) is 11.5 Å². The van der Waals surface area contributed by atoms with Gasteiger partial charge in [0, 0.05) is 6.08 Å². The van der Waals surface area contributed by atoms with Crippen LogP contribution in [0.1, 0.15) is 27.7 Å². The fourth-order valence-corrected chi connectivity index (χ4v) is 1.83. The van der Waals surface area contributed by atoms with Gasteiger partial charge >= 0.3 is 13.1 Å². The van der Waals surface area contributed by atoms with E-state index in [4.69, 9.17) is 14.0 Å². The third kappa shape index (κ3) is 2.79. The summed E-state index contributed by atoms with van der Waals surface area (Å²) in [6, 6.07) is 7.07. The van der Waals surface area contributed by atoms with Crippen LogP contribution in [0.5, 0.6) is 5.75 Å². The predicted octanol–water partition coefficient (Wildman–Crippen LogP) is 2.08. The minimum atomic E-state index is -0.478. The molecule has 1 aliphatic rings. The van der Waals surface area contributed by atoms with Gasteiger partial charge in [-0.1, -0.05) is 18.7 Å². The SMILES string of the molecule is C=CC(=O)Oc1ccc(B2OC(C)(C)C(C)(C)O2)cc1. The van der Waals surface area contributed by atoms with Crippen molar-refractivity contribution in [2.24, 2.45) is 0 Å². The number of benzene rings is 1. The number of hydrogen-bond donors (Lipinski definition) is 0. The maximum atomic E-state index is 11.1. The quantitative estimate of drug-likeness (QED) is 0.366. The van der Waals surface area contributed by atoms with Gasteiger partial charge in [0.15, 0.2) is 0 Å². The second-order valence-electron chi connectivity index (χ2n) is 5.78. The molecule has 20 heavy (non-hydrogen) atoms. The second-order valence-corrected chi connectivity index (χ2v) is 5.78. The Labute approximate surface area is 119 Å². The van der Waals surface area contributed by atoms with Crippen LogP contribution in [-0.2, 0) is 14.1 Å². The molecule has 0 aromatic heterocycles. The Morgan fingerprint density at radius 2 is 1.65 bits per heavy atom. The maximum Gasteiger partial charge on any atom is 0.494 e. The van der Waals surface area contributed by atoms with Gasteiger partial charge in [0.05, 0.1) is 11.2 Å². The molecule has 0 spiro atoms. The first-order valence-electron chi connectivity index (χ1n) is 6.55. The van der Waals surface area contributed by atoms with Gasteiger partial charge in [0.25, 0.3) is 0 Å². The molecule has 5 heteroatoms. The van der Waals surface area contributed by atoms with Gasteiger partial charge in [-0.2, -0.15) is 0 Å². The van der Waals surface area contributed by atoms with Gasteiger partial charge in [-0.3, -0.25) is 0 Å². The molecule has 1 aromatic carbocycles. The van der Waals surface area contributed by atoms with E-state index in [1.165, 1.54) is 0 Å². The molecule has 1 aliphatic heterocycles. The van der Waals surface area contributed by atoms with Crippen LogP contribution in [0.25, 0.3) is 0 Å². The number of esters is 1. The largest absolute Gasteiger partial charge is 0.494 e. The van der Waals surface area contributed by atoms with Crippen LogP contribution in [0.2, 0.25) is 0 Å². The summed E-state index contributed by atoms with van der Waals surface area (Å²) in [5.41, 5.74) is 0.152. The molecule has 2 rings (SSSR count). The molecule has 1 saturated heterocycles. The summed E-state index contributed by atoms with van der Waals surface area (Å²) in [5.74, 6) is -0.0106. The normalized spacial score (nSPS) is 19.7. The van der Waals surface area contributed by atoms with E-state index in [1.807, 2.05) is 39.8 Å². The van der Waals surface area contributed by atoms with E-state index in [0.29, 0.717) is 5.75 Å². The molecule has 0 bridgehead atoms. The zero-order valence-corrected chi connectivity index (χ0v) is 12.3. The third-order valence-electron chi connectivity index (χ3n) is 3.79. The standard InChI is InChI=1S/C15H19BO4/c1-6-13(17)18-12-9-7-11(8-10-12)16-19-14(2,3)15(4,5)20-16/h6-10H,1H2,2-5H3. The first kappa shape index (κ1) is 14.8. The first-order valence-corrected chi connectivity index (χ1v) is 6.55. The van der Waals surface area contributed by atoms with Crippen LogP contribution in [0.3, 0.4) is 0 Å². The lowest BCUT2D eigenvalue weighted by molar-refractivity contribution is -0.128. The Bertz CT molecular complexity index is 503. The van der Waals surface area contributed by atoms with E-state index in [2.05, 4.69) is 6.58 Å². The molecule has 0 atom stereocenters. The molecule has 1 aromatic rings. The molecule has 1 heterocycles. The van der Waals surface area contributed by atoms with E-state index >= 15 is 0 Å². The molecule has 0 aliphatic carbocycles. The van der Waals surface area contributed by atoms with Gasteiger partial charge in [0.2, 0.25) is 0 Å². The maximum absolute atomic E-state index is 11.1. The van der Waals surface area contributed by atoms with Crippen molar-refractivity contribution in [3.8, 4) is 5.75 Å². The van der Waals surface area contributed by atoms with Crippen LogP contribution >= 0.6 is 0 Å². The van der Waals surface area contributed by atoms with Gasteiger partial charge in [0.1, 0.15) is 5.75 Å². The summed E-state index contributed by atoms with van der Waals surface area (Å²) in [5, 5.41) is 0. The van der Waals surface area contributed by atoms with Gasteiger partial charge in [-0.25, -0.2) is 4.79 Å². The molecular formula is C15H19BO4. The molecule has 0 amide bonds. The van der Waals surface area contributed by atoms with E-state index in [9.17, 15) is 4.79 Å². The Balaban J connectivity index is 2.12. The monoisotopic (exact) mass is 274 g/mol. The summed E-state index contributed by atoms with van der Waals surface area (Å²) in [4.78, 5) is 11.1. The molecule has 1 fully saturated rings. The van der Waals surface area contributed by atoms with Gasteiger partial charge in [-0.15, -0.1) is 0 Å². The van der Waals surface area contributed by atoms with E-state index < -0.39 is 13.1 Å². The van der Waals surface area contributed by atoms with Crippen molar-refractivity contribution in [2.45, 2.75) is 38.9 Å². The zero-order valence-electron chi connectivity index (χ0n) is 12.3. The van der Waals surface area contributed by atoms with Crippen LogP contribution in [-0.4, -0.2) is 24.3 Å². The molecule has 0 saturated carbocycles. The first-order chi connectivity index (χ1) is 9.25. The van der Waals surface area contributed by atoms with Gasteiger partial charge in [-0.05, 0) is 45.3 Å². The number of rotatable bonds is 3. The summed E-state index contributed by atoms with van der Waals surface area (Å²) in [7, 11) is -0.413. The topological polar surface area (TPSA) is 44.8 Å². The van der Waals surface area contributed by atoms with Crippen molar-refractivity contribution in [2.75, 3.05) is 0 Å². The van der Waals surface area contributed by atoms with Crippen molar-refractivity contribution in [1.29, 1.82) is 0 Å². The van der Waals surface area contributed by atoms with Crippen LogP contribution in [0.15, 0.2) is 36.9 Å². The zero-order chi connectivity index (χ0) is 15.0. The van der Waals surface area contributed by atoms with Crippen LogP contribution in [0.4, 0.5) is 0 Å². The van der Waals surface area contributed by atoms with Crippen LogP contribution in [0, 0.1) is 0 Å². The molecule has 0 radical (unpaired) electrons. The Kier molecular flexibility index (Phi) is 3.76. The Morgan fingerprint density at radius 1 is 1.15 bits per heavy atom. The van der Waals surface area contributed by atoms with Crippen molar-refractivity contribution < 1.29 is 18.8 Å². The van der Waals surface area contributed by atoms with Crippen molar-refractivity contribution >= 4 is 18.6 Å². The number of hydrogen-bond acceptors (Lipinski definition) is 4. The number of carbonyl (C=O) groups is 1. The molecule has 106 valence electrons. The van der Waals surface area contributed by atoms with Crippen molar-refractivity contribution in [3.63, 3.8) is 0 Å². The average Bonchev–Trinajstić information content (AvgIpc) is 2.59. The fourth-order valence-electron chi connectivity index (χ4n) is 1.83. The molecule has 4 nitrogen and oxygen atoms in total. The highest BCUT2D eigenvalue weighted by atomic mass is 16.7. The Hall–Kier alpha value is -1.59. The molecule has 0 unspecified atom stereocenters. The Morgan fingerprint density at radius 3 is 2.10 bits per heavy atom. The fraction of sp³-hybridized carbons (Fsp3) is 0.400. The van der Waals surface area contributed by atoms with Crippen LogP contribution < -0.4 is 10.2 Å². The van der Waals surface area contributed by atoms with E-state index in [1.54, 1.807) is 12.1 Å². The highest BCUT2D eigenvalue weighted by molar-refractivity contribution is 6.62. The highest BCUT2D eigenvalue weighted by Gasteiger charge is 2.51. The summed E-state index contributed by atoms with van der Waals surface area (Å²) in [6.45, 7) is 11.4. The van der Waals surface area contributed by atoms with Gasteiger partial charge < -0.3 is 14.0 Å². The minimum Gasteiger partial charge on any atom is -0.423 e. The summed E-state index contributed by atoms with van der Waals surface area (Å²) >= 11 is 0. The predicted molar refractivity (Wildman–Crippen MR) is 78.0 cm³/mol. The lowest BCUT2D eigenvalue weighted by Crippen LogP contribution is -2.41. The highest BCUT2D eigenvalue weighted by Crippen LogP contribution is 2.36. The third-order valence-corrected chi connectivity index (χ3v) is 3.79. The number of carbonyl (C=O) groups excluding carboxylic acids is 1. The minimum absolute atomic E-state index is 0.369. The summed E-state index contributed by atoms with van der Waals surface area (Å²) in [6.07, 6.45) is 1.13. The lowest BCUT2D eigenvalue weighted by Gasteiger charge is -2.32. The van der Waals surface area contributed by atoms with Crippen molar-refractivity contribution in [1.82, 2.24) is 0 Å². The summed E-state index contributed by atoms with van der Waals surface area (Å²) < 4.78 is 16.9.